The van der Waals surface area contributed by atoms with E-state index in [0.29, 0.717) is 17.6 Å². The summed E-state index contributed by atoms with van der Waals surface area (Å²) < 4.78 is 14.3. The van der Waals surface area contributed by atoms with Gasteiger partial charge in [-0.2, -0.15) is 0 Å². The number of carbonyl (C=O) groups is 1. The van der Waals surface area contributed by atoms with Gasteiger partial charge in [0.1, 0.15) is 5.82 Å². The number of halogens is 2. The van der Waals surface area contributed by atoms with Gasteiger partial charge < -0.3 is 10.6 Å². The van der Waals surface area contributed by atoms with Crippen molar-refractivity contribution >= 4 is 21.8 Å². The van der Waals surface area contributed by atoms with Gasteiger partial charge in [0, 0.05) is 23.6 Å². The Bertz CT molecular complexity index is 439. The normalized spacial score (nSPS) is 19.7. The third kappa shape index (κ3) is 2.50. The molecular weight excluding hydrogens is 287 g/mol. The second-order valence-corrected chi connectivity index (χ2v) is 5.07. The van der Waals surface area contributed by atoms with Crippen molar-refractivity contribution in [3.05, 3.63) is 34.1 Å². The van der Waals surface area contributed by atoms with Crippen LogP contribution in [0.1, 0.15) is 23.2 Å². The van der Waals surface area contributed by atoms with Gasteiger partial charge in [0.15, 0.2) is 0 Å². The molecule has 0 aliphatic carbocycles. The van der Waals surface area contributed by atoms with Crippen LogP contribution in [-0.2, 0) is 0 Å². The Hall–Kier alpha value is -0.940. The van der Waals surface area contributed by atoms with Crippen LogP contribution in [0.2, 0.25) is 0 Å². The van der Waals surface area contributed by atoms with Crippen LogP contribution in [0.15, 0.2) is 22.7 Å². The summed E-state index contributed by atoms with van der Waals surface area (Å²) in [7, 11) is 0. The number of likely N-dealkylation sites (tertiary alicyclic amines) is 1. The summed E-state index contributed by atoms with van der Waals surface area (Å²) in [4.78, 5) is 13.8. The van der Waals surface area contributed by atoms with Crippen molar-refractivity contribution in [2.24, 2.45) is 5.73 Å². The first kappa shape index (κ1) is 12.5. The minimum absolute atomic E-state index is 0.0468. The smallest absolute Gasteiger partial charge is 0.257 e. The van der Waals surface area contributed by atoms with Crippen LogP contribution in [0.25, 0.3) is 0 Å². The van der Waals surface area contributed by atoms with Crippen molar-refractivity contribution in [3.8, 4) is 0 Å². The van der Waals surface area contributed by atoms with Crippen LogP contribution in [0.4, 0.5) is 4.39 Å². The van der Waals surface area contributed by atoms with Gasteiger partial charge in [-0.25, -0.2) is 4.39 Å². The van der Waals surface area contributed by atoms with E-state index >= 15 is 0 Å². The Balaban J connectivity index is 2.24. The number of nitrogens with zero attached hydrogens (tertiary/aromatic N) is 1. The highest BCUT2D eigenvalue weighted by molar-refractivity contribution is 9.10. The van der Waals surface area contributed by atoms with Gasteiger partial charge in [-0.05, 0) is 31.0 Å². The third-order valence-electron chi connectivity index (χ3n) is 3.07. The summed E-state index contributed by atoms with van der Waals surface area (Å²) >= 11 is 3.17. The maximum atomic E-state index is 13.7. The minimum Gasteiger partial charge on any atom is -0.334 e. The molecule has 1 aliphatic heterocycles. The fourth-order valence-corrected chi connectivity index (χ4v) is 2.50. The lowest BCUT2D eigenvalue weighted by atomic mass is 10.1. The van der Waals surface area contributed by atoms with E-state index in [1.54, 1.807) is 11.0 Å². The van der Waals surface area contributed by atoms with Crippen LogP contribution < -0.4 is 5.73 Å². The molecular formula is C12H14BrFN2O. The van der Waals surface area contributed by atoms with Gasteiger partial charge in [0.25, 0.3) is 5.91 Å². The van der Waals surface area contributed by atoms with Gasteiger partial charge in [-0.3, -0.25) is 4.79 Å². The number of benzene rings is 1. The zero-order chi connectivity index (χ0) is 12.4. The minimum atomic E-state index is -0.493. The Morgan fingerprint density at radius 3 is 3.00 bits per heavy atom. The number of hydrogen-bond acceptors (Lipinski definition) is 2. The predicted molar refractivity (Wildman–Crippen MR) is 67.2 cm³/mol. The Labute approximate surface area is 108 Å². The zero-order valence-electron chi connectivity index (χ0n) is 9.33. The Kier molecular flexibility index (Phi) is 3.79. The second kappa shape index (κ2) is 5.14. The van der Waals surface area contributed by atoms with Crippen molar-refractivity contribution in [2.45, 2.75) is 18.9 Å². The first-order valence-corrected chi connectivity index (χ1v) is 6.39. The lowest BCUT2D eigenvalue weighted by Crippen LogP contribution is -2.40. The lowest BCUT2D eigenvalue weighted by molar-refractivity contribution is 0.0736. The molecule has 5 heteroatoms. The molecule has 0 saturated carbocycles. The number of nitrogens with two attached hydrogens (primary N) is 1. The van der Waals surface area contributed by atoms with E-state index in [1.807, 2.05) is 0 Å². The first-order chi connectivity index (χ1) is 8.13. The fraction of sp³-hybridized carbons (Fsp3) is 0.417. The number of rotatable bonds is 2. The number of carbonyl (C=O) groups excluding carboxylic acids is 1. The molecule has 0 aromatic heterocycles. The quantitative estimate of drug-likeness (QED) is 0.910. The van der Waals surface area contributed by atoms with Crippen molar-refractivity contribution in [2.75, 3.05) is 13.1 Å². The third-order valence-corrected chi connectivity index (χ3v) is 3.56. The fourth-order valence-electron chi connectivity index (χ4n) is 2.17. The molecule has 1 aliphatic rings. The molecule has 1 saturated heterocycles. The van der Waals surface area contributed by atoms with E-state index < -0.39 is 5.82 Å². The molecule has 0 radical (unpaired) electrons. The molecule has 92 valence electrons. The van der Waals surface area contributed by atoms with Crippen molar-refractivity contribution in [1.29, 1.82) is 0 Å². The van der Waals surface area contributed by atoms with Gasteiger partial charge >= 0.3 is 0 Å². The van der Waals surface area contributed by atoms with Crippen LogP contribution >= 0.6 is 15.9 Å². The summed E-state index contributed by atoms with van der Waals surface area (Å²) in [6.07, 6.45) is 1.84. The number of amides is 1. The predicted octanol–water partition coefficient (Wildman–Crippen LogP) is 2.15. The monoisotopic (exact) mass is 300 g/mol. The van der Waals surface area contributed by atoms with E-state index in [4.69, 9.17) is 5.73 Å². The molecule has 2 N–H and O–H groups in total. The molecule has 17 heavy (non-hydrogen) atoms. The molecule has 1 heterocycles. The average Bonchev–Trinajstić information content (AvgIpc) is 2.76. The van der Waals surface area contributed by atoms with E-state index in [0.717, 1.165) is 12.8 Å². The van der Waals surface area contributed by atoms with Crippen LogP contribution in [0.3, 0.4) is 0 Å². The zero-order valence-corrected chi connectivity index (χ0v) is 10.9. The van der Waals surface area contributed by atoms with Crippen molar-refractivity contribution in [3.63, 3.8) is 0 Å². The van der Waals surface area contributed by atoms with Crippen LogP contribution in [0, 0.1) is 5.82 Å². The second-order valence-electron chi connectivity index (χ2n) is 4.15. The Morgan fingerprint density at radius 2 is 2.35 bits per heavy atom. The van der Waals surface area contributed by atoms with E-state index in [2.05, 4.69) is 15.9 Å². The summed E-state index contributed by atoms with van der Waals surface area (Å²) in [5.41, 5.74) is 5.73. The topological polar surface area (TPSA) is 46.3 Å². The van der Waals surface area contributed by atoms with Gasteiger partial charge in [-0.1, -0.05) is 15.9 Å². The molecule has 1 aromatic rings. The van der Waals surface area contributed by atoms with Crippen molar-refractivity contribution in [1.82, 2.24) is 4.90 Å². The van der Waals surface area contributed by atoms with Gasteiger partial charge in [-0.15, -0.1) is 0 Å². The van der Waals surface area contributed by atoms with E-state index in [1.165, 1.54) is 12.1 Å². The molecule has 1 fully saturated rings. The Morgan fingerprint density at radius 1 is 1.59 bits per heavy atom. The number of hydrogen-bond donors (Lipinski definition) is 1. The van der Waals surface area contributed by atoms with Crippen LogP contribution in [-0.4, -0.2) is 29.9 Å². The molecule has 0 spiro atoms. The SMILES string of the molecule is NCC1CCCN1C(=O)c1ccc(Br)cc1F. The van der Waals surface area contributed by atoms with Crippen LogP contribution in [0.5, 0.6) is 0 Å². The first-order valence-electron chi connectivity index (χ1n) is 5.59. The standard InChI is InChI=1S/C12H14BrFN2O/c13-8-3-4-10(11(14)6-8)12(17)16-5-1-2-9(16)7-15/h3-4,6,9H,1-2,5,7,15H2. The summed E-state index contributed by atoms with van der Waals surface area (Å²) in [5.74, 6) is -0.755. The summed E-state index contributed by atoms with van der Waals surface area (Å²) in [5, 5.41) is 0. The maximum Gasteiger partial charge on any atom is 0.257 e. The van der Waals surface area contributed by atoms with E-state index in [-0.39, 0.29) is 17.5 Å². The summed E-state index contributed by atoms with van der Waals surface area (Å²) in [6, 6.07) is 4.53. The van der Waals surface area contributed by atoms with E-state index in [9.17, 15) is 9.18 Å². The summed E-state index contributed by atoms with van der Waals surface area (Å²) in [6.45, 7) is 1.10. The molecule has 1 amide bonds. The molecule has 0 bridgehead atoms. The molecule has 1 aromatic carbocycles. The molecule has 1 atom stereocenters. The highest BCUT2D eigenvalue weighted by Crippen LogP contribution is 2.22. The van der Waals surface area contributed by atoms with Crippen molar-refractivity contribution < 1.29 is 9.18 Å². The molecule has 2 rings (SSSR count). The largest absolute Gasteiger partial charge is 0.334 e. The van der Waals surface area contributed by atoms with Gasteiger partial charge in [0.2, 0.25) is 0 Å². The molecule has 3 nitrogen and oxygen atoms in total. The maximum absolute atomic E-state index is 13.7. The lowest BCUT2D eigenvalue weighted by Gasteiger charge is -2.23. The highest BCUT2D eigenvalue weighted by atomic mass is 79.9. The molecule has 1 unspecified atom stereocenters. The average molecular weight is 301 g/mol. The highest BCUT2D eigenvalue weighted by Gasteiger charge is 2.29. The van der Waals surface area contributed by atoms with Gasteiger partial charge in [0.05, 0.1) is 5.56 Å².